The van der Waals surface area contributed by atoms with Crippen LogP contribution in [0.1, 0.15) is 62.1 Å². The highest BCUT2D eigenvalue weighted by molar-refractivity contribution is 5.84. The minimum atomic E-state index is 0.124. The molecular formula is C24H35N3O2. The monoisotopic (exact) mass is 397 g/mol. The minimum absolute atomic E-state index is 0.124. The van der Waals surface area contributed by atoms with Crippen molar-refractivity contribution in [1.82, 2.24) is 15.1 Å². The molecule has 2 saturated heterocycles. The first-order valence-corrected chi connectivity index (χ1v) is 11.4. The Bertz CT molecular complexity index is 743. The lowest BCUT2D eigenvalue weighted by atomic mass is 9.87. The third-order valence-corrected chi connectivity index (χ3v) is 7.46. The van der Waals surface area contributed by atoms with Crippen molar-refractivity contribution < 1.29 is 9.59 Å². The highest BCUT2D eigenvalue weighted by Gasteiger charge is 2.46. The molecule has 2 aliphatic heterocycles. The Morgan fingerprint density at radius 1 is 1.10 bits per heavy atom. The maximum atomic E-state index is 13.2. The van der Waals surface area contributed by atoms with E-state index in [-0.39, 0.29) is 17.9 Å². The van der Waals surface area contributed by atoms with Crippen LogP contribution in [0.5, 0.6) is 0 Å². The second-order valence-corrected chi connectivity index (χ2v) is 9.23. The molecule has 0 radical (unpaired) electrons. The highest BCUT2D eigenvalue weighted by Crippen LogP contribution is 2.43. The van der Waals surface area contributed by atoms with Gasteiger partial charge in [0, 0.05) is 51.5 Å². The molecule has 1 aliphatic carbocycles. The number of amides is 2. The van der Waals surface area contributed by atoms with Crippen molar-refractivity contribution in [2.24, 2.45) is 11.8 Å². The first-order chi connectivity index (χ1) is 14.1. The van der Waals surface area contributed by atoms with E-state index in [4.69, 9.17) is 0 Å². The molecule has 29 heavy (non-hydrogen) atoms. The van der Waals surface area contributed by atoms with Gasteiger partial charge in [-0.3, -0.25) is 9.59 Å². The summed E-state index contributed by atoms with van der Waals surface area (Å²) in [6.45, 7) is 4.90. The summed E-state index contributed by atoms with van der Waals surface area (Å²) in [5, 5.41) is 3.51. The van der Waals surface area contributed by atoms with E-state index in [0.717, 1.165) is 32.5 Å². The Hall–Kier alpha value is -1.88. The van der Waals surface area contributed by atoms with Crippen LogP contribution in [0, 0.1) is 18.8 Å². The Balaban J connectivity index is 1.41. The van der Waals surface area contributed by atoms with Crippen LogP contribution in [-0.2, 0) is 9.59 Å². The molecule has 0 bridgehead atoms. The van der Waals surface area contributed by atoms with Crippen molar-refractivity contribution in [3.63, 3.8) is 0 Å². The SMILES string of the molecule is Cc1ccccc1[C@@H]1[C@H]2CNC[C@H]2CN1C(=O)CCC(=O)N(C)C1CCCCC1. The van der Waals surface area contributed by atoms with Gasteiger partial charge in [-0.25, -0.2) is 0 Å². The maximum Gasteiger partial charge on any atom is 0.223 e. The molecule has 2 heterocycles. The van der Waals surface area contributed by atoms with Gasteiger partial charge in [-0.1, -0.05) is 43.5 Å². The van der Waals surface area contributed by atoms with Crippen LogP contribution in [0.25, 0.3) is 0 Å². The van der Waals surface area contributed by atoms with E-state index in [0.29, 0.717) is 30.7 Å². The van der Waals surface area contributed by atoms with Crippen LogP contribution < -0.4 is 5.32 Å². The molecule has 5 heteroatoms. The first-order valence-electron chi connectivity index (χ1n) is 11.4. The summed E-state index contributed by atoms with van der Waals surface area (Å²) in [5.41, 5.74) is 2.51. The molecule has 0 unspecified atom stereocenters. The maximum absolute atomic E-state index is 13.2. The first kappa shape index (κ1) is 20.4. The van der Waals surface area contributed by atoms with Crippen LogP contribution in [0.2, 0.25) is 0 Å². The van der Waals surface area contributed by atoms with Gasteiger partial charge in [0.1, 0.15) is 0 Å². The van der Waals surface area contributed by atoms with Crippen LogP contribution in [0.4, 0.5) is 0 Å². The standard InChI is InChI=1S/C24H35N3O2/c1-17-8-6-7-11-20(17)24-21-15-25-14-18(21)16-27(24)23(29)13-12-22(28)26(2)19-9-4-3-5-10-19/h6-8,11,18-19,21,24-25H,3-5,9-10,12-16H2,1-2H3/t18-,21-,24+/m0/s1. The number of hydrogen-bond donors (Lipinski definition) is 1. The van der Waals surface area contributed by atoms with E-state index < -0.39 is 0 Å². The van der Waals surface area contributed by atoms with Gasteiger partial charge < -0.3 is 15.1 Å². The zero-order valence-electron chi connectivity index (χ0n) is 17.9. The van der Waals surface area contributed by atoms with Crippen molar-refractivity contribution in [2.45, 2.75) is 64.0 Å². The number of fused-ring (bicyclic) bond motifs is 1. The number of rotatable bonds is 5. The molecule has 0 aromatic heterocycles. The third kappa shape index (κ3) is 4.20. The largest absolute Gasteiger partial charge is 0.343 e. The van der Waals surface area contributed by atoms with Crippen molar-refractivity contribution >= 4 is 11.8 Å². The lowest BCUT2D eigenvalue weighted by Crippen LogP contribution is -2.39. The summed E-state index contributed by atoms with van der Waals surface area (Å²) >= 11 is 0. The quantitative estimate of drug-likeness (QED) is 0.830. The minimum Gasteiger partial charge on any atom is -0.343 e. The van der Waals surface area contributed by atoms with Gasteiger partial charge in [0.2, 0.25) is 11.8 Å². The molecule has 1 N–H and O–H groups in total. The molecule has 1 saturated carbocycles. The molecule has 1 aromatic rings. The molecule has 2 amide bonds. The summed E-state index contributed by atoms with van der Waals surface area (Å²) in [6, 6.07) is 8.94. The summed E-state index contributed by atoms with van der Waals surface area (Å²) in [6.07, 6.45) is 6.57. The lowest BCUT2D eigenvalue weighted by molar-refractivity contribution is -0.138. The van der Waals surface area contributed by atoms with Crippen LogP contribution >= 0.6 is 0 Å². The van der Waals surface area contributed by atoms with Gasteiger partial charge in [-0.05, 0) is 36.8 Å². The predicted molar refractivity (Wildman–Crippen MR) is 114 cm³/mol. The Labute approximate surface area is 174 Å². The Morgan fingerprint density at radius 3 is 2.62 bits per heavy atom. The van der Waals surface area contributed by atoms with Crippen molar-refractivity contribution in [3.05, 3.63) is 35.4 Å². The molecule has 158 valence electrons. The molecule has 0 spiro atoms. The predicted octanol–water partition coefficient (Wildman–Crippen LogP) is 3.29. The van der Waals surface area contributed by atoms with E-state index in [2.05, 4.69) is 41.4 Å². The van der Waals surface area contributed by atoms with Crippen molar-refractivity contribution in [3.8, 4) is 0 Å². The molecule has 3 aliphatic rings. The normalized spacial score (nSPS) is 27.1. The average Bonchev–Trinajstić information content (AvgIpc) is 3.34. The van der Waals surface area contributed by atoms with Crippen LogP contribution in [-0.4, -0.2) is 54.3 Å². The van der Waals surface area contributed by atoms with Gasteiger partial charge in [0.25, 0.3) is 0 Å². The number of nitrogens with one attached hydrogen (secondary N) is 1. The van der Waals surface area contributed by atoms with E-state index in [1.54, 1.807) is 0 Å². The fourth-order valence-corrected chi connectivity index (χ4v) is 5.70. The van der Waals surface area contributed by atoms with E-state index in [9.17, 15) is 9.59 Å². The van der Waals surface area contributed by atoms with E-state index in [1.807, 2.05) is 11.9 Å². The number of nitrogens with zero attached hydrogens (tertiary/aromatic N) is 2. The molecule has 3 fully saturated rings. The summed E-state index contributed by atoms with van der Waals surface area (Å²) in [7, 11) is 1.92. The number of hydrogen-bond acceptors (Lipinski definition) is 3. The molecule has 5 nitrogen and oxygen atoms in total. The van der Waals surface area contributed by atoms with Crippen LogP contribution in [0.15, 0.2) is 24.3 Å². The molecule has 4 rings (SSSR count). The topological polar surface area (TPSA) is 52.7 Å². The molecule has 3 atom stereocenters. The van der Waals surface area contributed by atoms with Gasteiger partial charge in [-0.15, -0.1) is 0 Å². The highest BCUT2D eigenvalue weighted by atomic mass is 16.2. The van der Waals surface area contributed by atoms with Crippen molar-refractivity contribution in [1.29, 1.82) is 0 Å². The van der Waals surface area contributed by atoms with Gasteiger partial charge in [0.05, 0.1) is 6.04 Å². The Morgan fingerprint density at radius 2 is 1.86 bits per heavy atom. The summed E-state index contributed by atoms with van der Waals surface area (Å²) in [5.74, 6) is 1.25. The molecule has 1 aromatic carbocycles. The van der Waals surface area contributed by atoms with Gasteiger partial charge in [0.15, 0.2) is 0 Å². The van der Waals surface area contributed by atoms with E-state index in [1.165, 1.54) is 30.4 Å². The average molecular weight is 398 g/mol. The van der Waals surface area contributed by atoms with Crippen molar-refractivity contribution in [2.75, 3.05) is 26.7 Å². The zero-order chi connectivity index (χ0) is 20.4. The molecular weight excluding hydrogens is 362 g/mol. The number of benzene rings is 1. The van der Waals surface area contributed by atoms with Crippen LogP contribution in [0.3, 0.4) is 0 Å². The second kappa shape index (κ2) is 8.86. The number of carbonyl (C=O) groups excluding carboxylic acids is 2. The third-order valence-electron chi connectivity index (χ3n) is 7.46. The smallest absolute Gasteiger partial charge is 0.223 e. The summed E-state index contributed by atoms with van der Waals surface area (Å²) < 4.78 is 0. The number of aryl methyl sites for hydroxylation is 1. The zero-order valence-corrected chi connectivity index (χ0v) is 17.9. The number of carbonyl (C=O) groups is 2. The Kier molecular flexibility index (Phi) is 6.23. The number of likely N-dealkylation sites (tertiary alicyclic amines) is 1. The fraction of sp³-hybridized carbons (Fsp3) is 0.667. The fourth-order valence-electron chi connectivity index (χ4n) is 5.70. The lowest BCUT2D eigenvalue weighted by Gasteiger charge is -2.32. The van der Waals surface area contributed by atoms with E-state index >= 15 is 0 Å². The summed E-state index contributed by atoms with van der Waals surface area (Å²) in [4.78, 5) is 29.9. The van der Waals surface area contributed by atoms with Gasteiger partial charge >= 0.3 is 0 Å². The second-order valence-electron chi connectivity index (χ2n) is 9.23. The van der Waals surface area contributed by atoms with Gasteiger partial charge in [-0.2, -0.15) is 0 Å².